The third-order valence-corrected chi connectivity index (χ3v) is 5.93. The Hall–Kier alpha value is -1.90. The van der Waals surface area contributed by atoms with E-state index >= 15 is 0 Å². The molecule has 0 fully saturated rings. The summed E-state index contributed by atoms with van der Waals surface area (Å²) in [7, 11) is -2.21. The Labute approximate surface area is 160 Å². The van der Waals surface area contributed by atoms with Crippen molar-refractivity contribution >= 4 is 21.7 Å². The maximum absolute atomic E-state index is 12.5. The van der Waals surface area contributed by atoms with Crippen LogP contribution in [0.4, 0.5) is 5.69 Å². The predicted molar refractivity (Wildman–Crippen MR) is 105 cm³/mol. The molecule has 7 nitrogen and oxygen atoms in total. The van der Waals surface area contributed by atoms with Gasteiger partial charge in [-0.05, 0) is 57.2 Å². The summed E-state index contributed by atoms with van der Waals surface area (Å²) in [6.45, 7) is 2.55. The number of carbonyl (C=O) groups is 1. The Kier molecular flexibility index (Phi) is 7.82. The van der Waals surface area contributed by atoms with E-state index in [0.29, 0.717) is 25.3 Å². The highest BCUT2D eigenvalue weighted by Gasteiger charge is 2.19. The molecule has 0 bridgehead atoms. The number of aromatic carboxylic acids is 1. The van der Waals surface area contributed by atoms with Gasteiger partial charge in [-0.2, -0.15) is 0 Å². The van der Waals surface area contributed by atoms with E-state index in [1.165, 1.54) is 30.2 Å². The second kappa shape index (κ2) is 9.87. The van der Waals surface area contributed by atoms with Crippen LogP contribution in [0.15, 0.2) is 34.7 Å². The minimum Gasteiger partial charge on any atom is -0.478 e. The largest absolute Gasteiger partial charge is 0.478 e. The lowest BCUT2D eigenvalue weighted by molar-refractivity contribution is 0.0697. The molecule has 1 aliphatic carbocycles. The highest BCUT2D eigenvalue weighted by Crippen LogP contribution is 2.23. The second-order valence-electron chi connectivity index (χ2n) is 6.77. The number of anilines is 1. The van der Waals surface area contributed by atoms with Gasteiger partial charge in [-0.15, -0.1) is 0 Å². The molecule has 8 heteroatoms. The number of carboxylic acids is 1. The van der Waals surface area contributed by atoms with E-state index in [-0.39, 0.29) is 16.5 Å². The molecule has 2 rings (SSSR count). The van der Waals surface area contributed by atoms with Crippen molar-refractivity contribution in [1.82, 2.24) is 4.72 Å². The van der Waals surface area contributed by atoms with Crippen molar-refractivity contribution in [3.8, 4) is 0 Å². The first-order valence-electron chi connectivity index (χ1n) is 9.14. The Morgan fingerprint density at radius 3 is 2.74 bits per heavy atom. The summed E-state index contributed by atoms with van der Waals surface area (Å²) in [5, 5.41) is 12.5. The van der Waals surface area contributed by atoms with Gasteiger partial charge in [0, 0.05) is 25.4 Å². The Balaban J connectivity index is 2.10. The average molecular weight is 397 g/mol. The molecule has 3 N–H and O–H groups in total. The topological polar surface area (TPSA) is 105 Å². The molecule has 0 amide bonds. The van der Waals surface area contributed by atoms with Crippen LogP contribution in [-0.2, 0) is 14.8 Å². The lowest BCUT2D eigenvalue weighted by atomic mass is 9.97. The molecule has 150 valence electrons. The normalized spacial score (nSPS) is 15.9. The van der Waals surface area contributed by atoms with Gasteiger partial charge in [0.15, 0.2) is 0 Å². The molecule has 0 aliphatic heterocycles. The standard InChI is InChI=1S/C19H28N2O5S/c1-14(13-26-2)21-18-9-8-16(12-17(18)19(22)23)27(24,25)20-11-10-15-6-4-3-5-7-15/h6,8-9,12,14,20-21H,3-5,7,10-11,13H2,1-2H3,(H,22,23). The maximum atomic E-state index is 12.5. The van der Waals surface area contributed by atoms with E-state index in [2.05, 4.69) is 16.1 Å². The minimum absolute atomic E-state index is 0.0533. The van der Waals surface area contributed by atoms with E-state index in [4.69, 9.17) is 4.74 Å². The van der Waals surface area contributed by atoms with Gasteiger partial charge in [0.2, 0.25) is 10.0 Å². The van der Waals surface area contributed by atoms with Gasteiger partial charge in [0.25, 0.3) is 0 Å². The van der Waals surface area contributed by atoms with Crippen molar-refractivity contribution in [3.63, 3.8) is 0 Å². The molecule has 1 aromatic rings. The predicted octanol–water partition coefficient (Wildman–Crippen LogP) is 3.00. The van der Waals surface area contributed by atoms with Crippen molar-refractivity contribution in [1.29, 1.82) is 0 Å². The fourth-order valence-electron chi connectivity index (χ4n) is 3.11. The number of sulfonamides is 1. The number of ether oxygens (including phenoxy) is 1. The third-order valence-electron chi connectivity index (χ3n) is 4.47. The molecular formula is C19H28N2O5S. The van der Waals surface area contributed by atoms with Crippen LogP contribution < -0.4 is 10.0 Å². The number of nitrogens with one attached hydrogen (secondary N) is 2. The van der Waals surface area contributed by atoms with Crippen LogP contribution in [0.5, 0.6) is 0 Å². The zero-order valence-corrected chi connectivity index (χ0v) is 16.6. The summed E-state index contributed by atoms with van der Waals surface area (Å²) < 4.78 is 32.6. The van der Waals surface area contributed by atoms with Crippen LogP contribution in [0.25, 0.3) is 0 Å². The van der Waals surface area contributed by atoms with Gasteiger partial charge in [-0.1, -0.05) is 11.6 Å². The molecule has 0 heterocycles. The van der Waals surface area contributed by atoms with Crippen molar-refractivity contribution in [3.05, 3.63) is 35.4 Å². The molecular weight excluding hydrogens is 368 g/mol. The molecule has 0 saturated heterocycles. The minimum atomic E-state index is -3.77. The van der Waals surface area contributed by atoms with Crippen LogP contribution >= 0.6 is 0 Å². The maximum Gasteiger partial charge on any atom is 0.337 e. The summed E-state index contributed by atoms with van der Waals surface area (Å²) >= 11 is 0. The molecule has 1 aromatic carbocycles. The van der Waals surface area contributed by atoms with Crippen LogP contribution in [0.3, 0.4) is 0 Å². The summed E-state index contributed by atoms with van der Waals surface area (Å²) in [6.07, 6.45) is 7.28. The number of allylic oxidation sites excluding steroid dienone is 1. The van der Waals surface area contributed by atoms with E-state index in [1.807, 2.05) is 6.92 Å². The summed E-state index contributed by atoms with van der Waals surface area (Å²) in [6, 6.07) is 3.97. The van der Waals surface area contributed by atoms with Crippen LogP contribution in [0.2, 0.25) is 0 Å². The lowest BCUT2D eigenvalue weighted by Gasteiger charge is -2.17. The van der Waals surface area contributed by atoms with Crippen LogP contribution in [-0.4, -0.2) is 45.8 Å². The quantitative estimate of drug-likeness (QED) is 0.525. The van der Waals surface area contributed by atoms with E-state index in [9.17, 15) is 18.3 Å². The molecule has 1 atom stereocenters. The first kappa shape index (κ1) is 21.4. The molecule has 1 aliphatic rings. The van der Waals surface area contributed by atoms with Gasteiger partial charge >= 0.3 is 5.97 Å². The molecule has 0 radical (unpaired) electrons. The second-order valence-corrected chi connectivity index (χ2v) is 8.54. The smallest absolute Gasteiger partial charge is 0.337 e. The van der Waals surface area contributed by atoms with Gasteiger partial charge in [-0.25, -0.2) is 17.9 Å². The van der Waals surface area contributed by atoms with E-state index < -0.39 is 16.0 Å². The van der Waals surface area contributed by atoms with Crippen molar-refractivity contribution in [2.75, 3.05) is 25.6 Å². The highest BCUT2D eigenvalue weighted by molar-refractivity contribution is 7.89. The molecule has 1 unspecified atom stereocenters. The number of benzene rings is 1. The third kappa shape index (κ3) is 6.34. The molecule has 0 spiro atoms. The summed E-state index contributed by atoms with van der Waals surface area (Å²) in [5.41, 5.74) is 1.55. The van der Waals surface area contributed by atoms with Crippen LogP contribution in [0.1, 0.15) is 49.4 Å². The Morgan fingerprint density at radius 1 is 1.33 bits per heavy atom. The number of hydrogen-bond acceptors (Lipinski definition) is 5. The number of methoxy groups -OCH3 is 1. The Morgan fingerprint density at radius 2 is 2.11 bits per heavy atom. The highest BCUT2D eigenvalue weighted by atomic mass is 32.2. The Bertz CT molecular complexity index is 789. The number of rotatable bonds is 10. The summed E-state index contributed by atoms with van der Waals surface area (Å²) in [4.78, 5) is 11.5. The van der Waals surface area contributed by atoms with Crippen molar-refractivity contribution < 1.29 is 23.1 Å². The van der Waals surface area contributed by atoms with Gasteiger partial charge in [-0.3, -0.25) is 0 Å². The zero-order chi connectivity index (χ0) is 19.9. The average Bonchev–Trinajstić information content (AvgIpc) is 2.62. The van der Waals surface area contributed by atoms with Crippen molar-refractivity contribution in [2.24, 2.45) is 0 Å². The monoisotopic (exact) mass is 396 g/mol. The number of carboxylic acid groups (broad SMARTS) is 1. The van der Waals surface area contributed by atoms with E-state index in [0.717, 1.165) is 19.3 Å². The first-order valence-corrected chi connectivity index (χ1v) is 10.6. The van der Waals surface area contributed by atoms with Gasteiger partial charge < -0.3 is 15.2 Å². The van der Waals surface area contributed by atoms with E-state index in [1.54, 1.807) is 7.11 Å². The zero-order valence-electron chi connectivity index (χ0n) is 15.8. The molecule has 27 heavy (non-hydrogen) atoms. The van der Waals surface area contributed by atoms with Gasteiger partial charge in [0.1, 0.15) is 0 Å². The van der Waals surface area contributed by atoms with Gasteiger partial charge in [0.05, 0.1) is 17.1 Å². The number of hydrogen-bond donors (Lipinski definition) is 3. The lowest BCUT2D eigenvalue weighted by Crippen LogP contribution is -2.26. The fourth-order valence-corrected chi connectivity index (χ4v) is 4.17. The first-order chi connectivity index (χ1) is 12.8. The fraction of sp³-hybridized carbons (Fsp3) is 0.526. The van der Waals surface area contributed by atoms with Crippen LogP contribution in [0, 0.1) is 0 Å². The van der Waals surface area contributed by atoms with Crippen molar-refractivity contribution in [2.45, 2.75) is 50.0 Å². The SMILES string of the molecule is COCC(C)Nc1ccc(S(=O)(=O)NCCC2=CCCCC2)cc1C(=O)O. The summed E-state index contributed by atoms with van der Waals surface area (Å²) in [5.74, 6) is -1.19. The molecule has 0 aromatic heterocycles. The molecule has 0 saturated carbocycles.